The first-order valence-corrected chi connectivity index (χ1v) is 16.0. The van der Waals surface area contributed by atoms with Crippen LogP contribution in [0.15, 0.2) is 16.4 Å². The van der Waals surface area contributed by atoms with Gasteiger partial charge < -0.3 is 24.6 Å². The number of morpholine rings is 1. The molecule has 0 aromatic heterocycles. The Hall–Kier alpha value is -2.31. The standard InChI is InChI=1S/C31H50N6O3/c1-36-15-13-31(23-32,14-16-36)35-28(38)27(21-24-7-3-2-4-8-24)33-30(37-17-19-39-20-18-37)34-29(26-11-6-12-26)40-22-25-9-5-10-25/h24-25,27H,2-22H2,1H3,(H,33,34)(H,35,38). The molecule has 1 amide bonds. The highest BCUT2D eigenvalue weighted by Gasteiger charge is 2.38. The molecular weight excluding hydrogens is 504 g/mol. The Labute approximate surface area is 240 Å². The van der Waals surface area contributed by atoms with Crippen LogP contribution in [-0.2, 0) is 14.3 Å². The normalized spacial score (nSPS) is 25.2. The van der Waals surface area contributed by atoms with Gasteiger partial charge in [-0.05, 0) is 75.8 Å². The van der Waals surface area contributed by atoms with E-state index in [1.54, 1.807) is 0 Å². The number of carbonyl (C=O) groups is 1. The van der Waals surface area contributed by atoms with Crippen LogP contribution in [0.2, 0.25) is 0 Å². The predicted molar refractivity (Wildman–Crippen MR) is 155 cm³/mol. The number of carbonyl (C=O) groups excluding carboxylic acids is 1. The first kappa shape index (κ1) is 29.2. The molecule has 3 saturated carbocycles. The van der Waals surface area contributed by atoms with Gasteiger partial charge in [0.2, 0.25) is 11.9 Å². The summed E-state index contributed by atoms with van der Waals surface area (Å²) in [6.45, 7) is 5.08. The molecule has 1 unspecified atom stereocenters. The van der Waals surface area contributed by atoms with E-state index in [0.717, 1.165) is 76.7 Å². The lowest BCUT2D eigenvalue weighted by Gasteiger charge is -2.37. The van der Waals surface area contributed by atoms with Crippen LogP contribution in [0, 0.1) is 23.2 Å². The number of nitrogens with zero attached hydrogens (tertiary/aromatic N) is 4. The summed E-state index contributed by atoms with van der Waals surface area (Å²) in [5.74, 6) is 2.58. The Kier molecular flexibility index (Phi) is 10.2. The summed E-state index contributed by atoms with van der Waals surface area (Å²) in [6, 6.07) is 1.92. The molecular formula is C31H50N6O3. The van der Waals surface area contributed by atoms with Gasteiger partial charge in [-0.15, -0.1) is 0 Å². The van der Waals surface area contributed by atoms with Crippen molar-refractivity contribution in [1.29, 1.82) is 5.26 Å². The van der Waals surface area contributed by atoms with E-state index in [4.69, 9.17) is 14.5 Å². The fourth-order valence-corrected chi connectivity index (χ4v) is 6.43. The van der Waals surface area contributed by atoms with Crippen molar-refractivity contribution >= 4 is 11.9 Å². The zero-order valence-electron chi connectivity index (χ0n) is 24.6. The third kappa shape index (κ3) is 7.70. The molecule has 2 aliphatic heterocycles. The molecule has 0 radical (unpaired) electrons. The number of rotatable bonds is 9. The summed E-state index contributed by atoms with van der Waals surface area (Å²) in [4.78, 5) is 23.6. The molecule has 40 heavy (non-hydrogen) atoms. The molecule has 5 rings (SSSR count). The Balaban J connectivity index is 1.39. The fourth-order valence-electron chi connectivity index (χ4n) is 6.43. The highest BCUT2D eigenvalue weighted by atomic mass is 16.5. The van der Waals surface area contributed by atoms with Gasteiger partial charge in [-0.3, -0.25) is 10.1 Å². The lowest BCUT2D eigenvalue weighted by molar-refractivity contribution is -0.124. The number of guanidine groups is 1. The minimum Gasteiger partial charge on any atom is -0.479 e. The maximum absolute atomic E-state index is 14.0. The van der Waals surface area contributed by atoms with Gasteiger partial charge in [0.1, 0.15) is 11.6 Å². The van der Waals surface area contributed by atoms with E-state index in [1.807, 2.05) is 0 Å². The fraction of sp³-hybridized carbons (Fsp3) is 0.839. The van der Waals surface area contributed by atoms with Crippen molar-refractivity contribution < 1.29 is 14.3 Å². The van der Waals surface area contributed by atoms with E-state index in [-0.39, 0.29) is 5.91 Å². The summed E-state index contributed by atoms with van der Waals surface area (Å²) < 4.78 is 12.1. The third-order valence-electron chi connectivity index (χ3n) is 9.78. The van der Waals surface area contributed by atoms with Crippen molar-refractivity contribution in [3.05, 3.63) is 11.5 Å². The molecule has 2 saturated heterocycles. The van der Waals surface area contributed by atoms with Crippen LogP contribution in [0.4, 0.5) is 0 Å². The molecule has 9 heteroatoms. The minimum atomic E-state index is -0.818. The van der Waals surface area contributed by atoms with Crippen LogP contribution in [0.1, 0.15) is 89.9 Å². The van der Waals surface area contributed by atoms with Crippen molar-refractivity contribution in [2.45, 2.75) is 101 Å². The van der Waals surface area contributed by atoms with E-state index in [2.05, 4.69) is 33.6 Å². The quantitative estimate of drug-likeness (QED) is 0.253. The number of nitriles is 1. The molecule has 2 N–H and O–H groups in total. The number of hydrogen-bond donors (Lipinski definition) is 2. The van der Waals surface area contributed by atoms with Gasteiger partial charge in [0.05, 0.1) is 25.9 Å². The predicted octanol–water partition coefficient (Wildman–Crippen LogP) is 3.92. The zero-order valence-corrected chi connectivity index (χ0v) is 24.6. The SMILES string of the molecule is CN1CCC(C#N)(NC(=O)C(CC2CCCCC2)N=C(NC(OCC2CCC2)=C2CCC2)N2CCOCC2)CC1. The molecule has 3 aliphatic carbocycles. The Morgan fingerprint density at radius 1 is 1.05 bits per heavy atom. The van der Waals surface area contributed by atoms with Gasteiger partial charge >= 0.3 is 0 Å². The molecule has 1 atom stereocenters. The maximum Gasteiger partial charge on any atom is 0.246 e. The summed E-state index contributed by atoms with van der Waals surface area (Å²) in [6.07, 6.45) is 15.1. The smallest absolute Gasteiger partial charge is 0.246 e. The van der Waals surface area contributed by atoms with Crippen molar-refractivity contribution in [2.24, 2.45) is 16.8 Å². The average molecular weight is 555 g/mol. The molecule has 0 bridgehead atoms. The Morgan fingerprint density at radius 3 is 2.35 bits per heavy atom. The van der Waals surface area contributed by atoms with Gasteiger partial charge in [0.15, 0.2) is 5.88 Å². The third-order valence-corrected chi connectivity index (χ3v) is 9.78. The van der Waals surface area contributed by atoms with E-state index in [0.29, 0.717) is 37.9 Å². The van der Waals surface area contributed by atoms with E-state index >= 15 is 0 Å². The van der Waals surface area contributed by atoms with Gasteiger partial charge in [0.25, 0.3) is 0 Å². The molecule has 0 spiro atoms. The molecule has 9 nitrogen and oxygen atoms in total. The first-order chi connectivity index (χ1) is 19.5. The van der Waals surface area contributed by atoms with Crippen LogP contribution in [0.25, 0.3) is 0 Å². The van der Waals surface area contributed by atoms with Crippen LogP contribution >= 0.6 is 0 Å². The minimum absolute atomic E-state index is 0.113. The molecule has 5 aliphatic rings. The van der Waals surface area contributed by atoms with Crippen LogP contribution in [0.5, 0.6) is 0 Å². The van der Waals surface area contributed by atoms with Crippen molar-refractivity contribution in [3.63, 3.8) is 0 Å². The van der Waals surface area contributed by atoms with Crippen molar-refractivity contribution in [2.75, 3.05) is 53.0 Å². The number of nitrogens with one attached hydrogen (secondary N) is 2. The highest BCUT2D eigenvalue weighted by molar-refractivity contribution is 5.88. The Morgan fingerprint density at radius 2 is 1.75 bits per heavy atom. The number of allylic oxidation sites excluding steroid dienone is 1. The molecule has 222 valence electrons. The maximum atomic E-state index is 14.0. The molecule has 0 aromatic carbocycles. The largest absolute Gasteiger partial charge is 0.479 e. The lowest BCUT2D eigenvalue weighted by Crippen LogP contribution is -2.56. The second-order valence-corrected chi connectivity index (χ2v) is 12.8. The first-order valence-electron chi connectivity index (χ1n) is 16.0. The second kappa shape index (κ2) is 14.0. The van der Waals surface area contributed by atoms with Gasteiger partial charge in [0, 0.05) is 26.2 Å². The van der Waals surface area contributed by atoms with Gasteiger partial charge in [-0.25, -0.2) is 4.99 Å². The number of piperidine rings is 1. The van der Waals surface area contributed by atoms with Gasteiger partial charge in [-0.1, -0.05) is 38.5 Å². The lowest BCUT2D eigenvalue weighted by atomic mass is 9.84. The van der Waals surface area contributed by atoms with E-state index in [1.165, 1.54) is 50.5 Å². The number of likely N-dealkylation sites (tertiary alicyclic amines) is 1. The Bertz CT molecular complexity index is 945. The zero-order chi connectivity index (χ0) is 27.8. The molecule has 2 heterocycles. The highest BCUT2D eigenvalue weighted by Crippen LogP contribution is 2.32. The number of hydrogen-bond acceptors (Lipinski definition) is 6. The topological polar surface area (TPSA) is 102 Å². The monoisotopic (exact) mass is 554 g/mol. The number of aliphatic imine (C=N–C) groups is 1. The summed E-state index contributed by atoms with van der Waals surface area (Å²) in [5.41, 5.74) is 0.505. The van der Waals surface area contributed by atoms with Crippen molar-refractivity contribution in [3.8, 4) is 6.07 Å². The van der Waals surface area contributed by atoms with Crippen molar-refractivity contribution in [1.82, 2.24) is 20.4 Å². The van der Waals surface area contributed by atoms with E-state index in [9.17, 15) is 10.1 Å². The van der Waals surface area contributed by atoms with Crippen LogP contribution in [-0.4, -0.2) is 86.3 Å². The van der Waals surface area contributed by atoms with E-state index < -0.39 is 11.6 Å². The molecule has 0 aromatic rings. The summed E-state index contributed by atoms with van der Waals surface area (Å²) >= 11 is 0. The number of amides is 1. The average Bonchev–Trinajstić information content (AvgIpc) is 2.92. The molecule has 5 fully saturated rings. The van der Waals surface area contributed by atoms with Crippen LogP contribution < -0.4 is 10.6 Å². The van der Waals surface area contributed by atoms with Crippen LogP contribution in [0.3, 0.4) is 0 Å². The summed E-state index contributed by atoms with van der Waals surface area (Å²) in [5, 5.41) is 16.9. The second-order valence-electron chi connectivity index (χ2n) is 12.8. The number of ether oxygens (including phenoxy) is 2. The van der Waals surface area contributed by atoms with Gasteiger partial charge in [-0.2, -0.15) is 5.26 Å². The summed E-state index contributed by atoms with van der Waals surface area (Å²) in [7, 11) is 2.07.